The van der Waals surface area contributed by atoms with Gasteiger partial charge in [-0.3, -0.25) is 18.9 Å². The maximum Gasteiger partial charge on any atom is 0.439 e. The molecule has 3 aromatic carbocycles. The first-order valence-electron chi connectivity index (χ1n) is 16.1. The van der Waals surface area contributed by atoms with Gasteiger partial charge < -0.3 is 9.84 Å². The van der Waals surface area contributed by atoms with Gasteiger partial charge in [0.25, 0.3) is 5.56 Å². The number of nitrogens with zero attached hydrogens (tertiary/aromatic N) is 3. The lowest BCUT2D eigenvalue weighted by atomic mass is 9.85. The predicted molar refractivity (Wildman–Crippen MR) is 178 cm³/mol. The van der Waals surface area contributed by atoms with Crippen molar-refractivity contribution >= 4 is 0 Å². The minimum absolute atomic E-state index is 0.0529. The quantitative estimate of drug-likeness (QED) is 0.185. The number of aryl methyl sites for hydroxylation is 2. The second-order valence-electron chi connectivity index (χ2n) is 12.4. The van der Waals surface area contributed by atoms with Gasteiger partial charge in [0.1, 0.15) is 11.6 Å². The molecule has 1 saturated carbocycles. The van der Waals surface area contributed by atoms with Gasteiger partial charge >= 0.3 is 5.76 Å². The highest BCUT2D eigenvalue weighted by molar-refractivity contribution is 5.80. The summed E-state index contributed by atoms with van der Waals surface area (Å²) in [4.78, 5) is 33.4. The molecule has 1 fully saturated rings. The Morgan fingerprint density at radius 2 is 1.67 bits per heavy atom. The highest BCUT2D eigenvalue weighted by Crippen LogP contribution is 2.32. The molecule has 6 rings (SSSR count). The monoisotopic (exact) mass is 620 g/mol. The number of hydrogen-bond donors (Lipinski definition) is 2. The first-order valence-corrected chi connectivity index (χ1v) is 16.1. The number of nitrogens with one attached hydrogen (secondary N) is 1. The first kappa shape index (κ1) is 31.2. The van der Waals surface area contributed by atoms with E-state index in [4.69, 9.17) is 14.2 Å². The number of aromatic amines is 1. The van der Waals surface area contributed by atoms with Crippen molar-refractivity contribution in [2.75, 3.05) is 0 Å². The minimum atomic E-state index is -0.607. The maximum absolute atomic E-state index is 14.2. The number of ether oxygens (including phenoxy) is 1. The normalized spacial score (nSPS) is 18.0. The van der Waals surface area contributed by atoms with Crippen LogP contribution in [0.3, 0.4) is 0 Å². The highest BCUT2D eigenvalue weighted by Gasteiger charge is 2.29. The molecular formula is C37H40N4O5. The van der Waals surface area contributed by atoms with Crippen LogP contribution >= 0.6 is 0 Å². The van der Waals surface area contributed by atoms with E-state index in [9.17, 15) is 14.7 Å². The van der Waals surface area contributed by atoms with E-state index in [1.165, 1.54) is 0 Å². The van der Waals surface area contributed by atoms with Gasteiger partial charge in [0.05, 0.1) is 23.1 Å². The van der Waals surface area contributed by atoms with Crippen LogP contribution < -0.4 is 16.1 Å². The van der Waals surface area contributed by atoms with Gasteiger partial charge in [-0.2, -0.15) is 0 Å². The Morgan fingerprint density at radius 1 is 0.978 bits per heavy atom. The zero-order valence-electron chi connectivity index (χ0n) is 26.6. The topological polar surface area (TPSA) is 123 Å². The summed E-state index contributed by atoms with van der Waals surface area (Å²) in [7, 11) is 0. The summed E-state index contributed by atoms with van der Waals surface area (Å²) in [6.07, 6.45) is 5.85. The van der Waals surface area contributed by atoms with Crippen molar-refractivity contribution in [3.05, 3.63) is 116 Å². The van der Waals surface area contributed by atoms with E-state index in [0.29, 0.717) is 24.2 Å². The van der Waals surface area contributed by atoms with Gasteiger partial charge in [0.15, 0.2) is 5.82 Å². The van der Waals surface area contributed by atoms with Crippen molar-refractivity contribution in [3.8, 4) is 34.0 Å². The third kappa shape index (κ3) is 6.74. The van der Waals surface area contributed by atoms with Gasteiger partial charge in [-0.05, 0) is 80.0 Å². The Bertz CT molecular complexity index is 1910. The van der Waals surface area contributed by atoms with Crippen LogP contribution in [0.4, 0.5) is 0 Å². The molecule has 2 aromatic heterocycles. The summed E-state index contributed by atoms with van der Waals surface area (Å²) in [6.45, 7) is 6.01. The van der Waals surface area contributed by atoms with Crippen LogP contribution in [-0.2, 0) is 19.3 Å². The summed E-state index contributed by atoms with van der Waals surface area (Å²) < 4.78 is 12.7. The Labute approximate surface area is 267 Å². The smallest absolute Gasteiger partial charge is 0.439 e. The maximum atomic E-state index is 14.2. The molecule has 0 unspecified atom stereocenters. The lowest BCUT2D eigenvalue weighted by molar-refractivity contribution is -0.0108. The van der Waals surface area contributed by atoms with Crippen LogP contribution in [0.25, 0.3) is 28.2 Å². The first-order chi connectivity index (χ1) is 22.2. The van der Waals surface area contributed by atoms with Gasteiger partial charge in [-0.15, -0.1) is 0 Å². The van der Waals surface area contributed by atoms with E-state index in [1.807, 2.05) is 86.6 Å². The average Bonchev–Trinajstić information content (AvgIpc) is 3.50. The Kier molecular flexibility index (Phi) is 9.03. The molecule has 0 amide bonds. The second-order valence-corrected chi connectivity index (χ2v) is 12.4. The van der Waals surface area contributed by atoms with E-state index in [2.05, 4.69) is 17.1 Å². The summed E-state index contributed by atoms with van der Waals surface area (Å²) in [5.41, 5.74) is 5.26. The van der Waals surface area contributed by atoms with Gasteiger partial charge in [-0.1, -0.05) is 74.0 Å². The molecule has 2 N–H and O–H groups in total. The van der Waals surface area contributed by atoms with E-state index >= 15 is 0 Å². The Morgan fingerprint density at radius 3 is 2.30 bits per heavy atom. The van der Waals surface area contributed by atoms with Crippen molar-refractivity contribution in [2.24, 2.45) is 0 Å². The van der Waals surface area contributed by atoms with Crippen molar-refractivity contribution in [2.45, 2.75) is 83.8 Å². The number of hydrogen-bond acceptors (Lipinski definition) is 7. The molecule has 9 heteroatoms. The summed E-state index contributed by atoms with van der Waals surface area (Å²) >= 11 is 0. The molecule has 0 atom stereocenters. The molecule has 2 heterocycles. The number of aliphatic hydroxyl groups is 1. The zero-order valence-corrected chi connectivity index (χ0v) is 26.6. The van der Waals surface area contributed by atoms with Crippen LogP contribution in [0.2, 0.25) is 0 Å². The van der Waals surface area contributed by atoms with Crippen LogP contribution in [-0.4, -0.2) is 36.5 Å². The molecular weight excluding hydrogens is 580 g/mol. The minimum Gasteiger partial charge on any atom is -0.490 e. The van der Waals surface area contributed by atoms with Gasteiger partial charge in [-0.25, -0.2) is 9.78 Å². The molecule has 1 aliphatic rings. The van der Waals surface area contributed by atoms with E-state index in [-0.39, 0.29) is 11.7 Å². The van der Waals surface area contributed by atoms with Crippen molar-refractivity contribution in [1.29, 1.82) is 0 Å². The van der Waals surface area contributed by atoms with Crippen LogP contribution in [0.15, 0.2) is 86.9 Å². The van der Waals surface area contributed by atoms with Crippen molar-refractivity contribution < 1.29 is 14.4 Å². The van der Waals surface area contributed by atoms with Crippen molar-refractivity contribution in [1.82, 2.24) is 19.7 Å². The van der Waals surface area contributed by atoms with E-state index < -0.39 is 11.4 Å². The molecule has 46 heavy (non-hydrogen) atoms. The predicted octanol–water partition coefficient (Wildman–Crippen LogP) is 6.42. The summed E-state index contributed by atoms with van der Waals surface area (Å²) in [5.74, 6) is 1.27. The number of aromatic nitrogens is 4. The zero-order chi connectivity index (χ0) is 32.3. The SMILES string of the molecule is CCCc1nc(CC)n(-c2ccc(OC3CCC(C)(O)CC3)cc2)c(=O)c1Cc1ccc(-c2ccccc2-c2noc(=O)[nH]2)cc1. The molecule has 0 aliphatic heterocycles. The van der Waals surface area contributed by atoms with Crippen molar-refractivity contribution in [3.63, 3.8) is 0 Å². The molecule has 0 spiro atoms. The Balaban J connectivity index is 1.28. The summed E-state index contributed by atoms with van der Waals surface area (Å²) in [6, 6.07) is 23.5. The Hall–Kier alpha value is -4.76. The molecule has 238 valence electrons. The molecule has 5 aromatic rings. The fraction of sp³-hybridized carbons (Fsp3) is 0.351. The standard InChI is InChI=1S/C37H40N4O5/c1-4-8-32-31(23-24-11-13-25(14-12-24)29-9-6-7-10-30(29)34-39-36(43)46-40-34)35(42)41(33(5-2)38-32)26-15-17-27(18-16-26)45-28-19-21-37(3,44)22-20-28/h6-7,9-18,28,44H,4-5,8,19-23H2,1-3H3,(H,39,40,43). The van der Waals surface area contributed by atoms with E-state index in [1.54, 1.807) is 4.57 Å². The van der Waals surface area contributed by atoms with Crippen LogP contribution in [0.5, 0.6) is 5.75 Å². The number of benzene rings is 3. The lowest BCUT2D eigenvalue weighted by Crippen LogP contribution is -2.34. The fourth-order valence-corrected chi connectivity index (χ4v) is 6.26. The van der Waals surface area contributed by atoms with Gasteiger partial charge in [0, 0.05) is 24.0 Å². The molecule has 0 radical (unpaired) electrons. The van der Waals surface area contributed by atoms with Crippen LogP contribution in [0, 0.1) is 0 Å². The number of rotatable bonds is 10. The number of H-pyrrole nitrogens is 1. The third-order valence-corrected chi connectivity index (χ3v) is 8.81. The fourth-order valence-electron chi connectivity index (χ4n) is 6.26. The van der Waals surface area contributed by atoms with E-state index in [0.717, 1.165) is 83.7 Å². The van der Waals surface area contributed by atoms with Crippen LogP contribution in [0.1, 0.15) is 75.5 Å². The molecule has 0 saturated heterocycles. The molecule has 0 bridgehead atoms. The molecule has 9 nitrogen and oxygen atoms in total. The third-order valence-electron chi connectivity index (χ3n) is 8.81. The second kappa shape index (κ2) is 13.3. The average molecular weight is 621 g/mol. The highest BCUT2D eigenvalue weighted by atomic mass is 16.5. The summed E-state index contributed by atoms with van der Waals surface area (Å²) in [5, 5.41) is 14.1. The van der Waals surface area contributed by atoms with Gasteiger partial charge in [0.2, 0.25) is 0 Å². The largest absolute Gasteiger partial charge is 0.490 e. The lowest BCUT2D eigenvalue weighted by Gasteiger charge is -2.33. The molecule has 1 aliphatic carbocycles.